The number of hydrogen-bond acceptors (Lipinski definition) is 3. The van der Waals surface area contributed by atoms with E-state index < -0.39 is 0 Å². The summed E-state index contributed by atoms with van der Waals surface area (Å²) >= 11 is 1.80. The normalized spacial score (nSPS) is 29.9. The van der Waals surface area contributed by atoms with Gasteiger partial charge in [0, 0.05) is 4.88 Å². The molecule has 17 heavy (non-hydrogen) atoms. The maximum Gasteiger partial charge on any atom is 0.113 e. The lowest BCUT2D eigenvalue weighted by atomic mass is 9.69. The number of aromatic nitrogens is 1. The van der Waals surface area contributed by atoms with Gasteiger partial charge in [-0.05, 0) is 38.5 Å². The van der Waals surface area contributed by atoms with Gasteiger partial charge in [-0.3, -0.25) is 0 Å². The minimum Gasteiger partial charge on any atom is -0.319 e. The smallest absolute Gasteiger partial charge is 0.113 e. The van der Waals surface area contributed by atoms with Crippen molar-refractivity contribution in [2.24, 2.45) is 17.6 Å². The summed E-state index contributed by atoms with van der Waals surface area (Å²) in [7, 11) is 0. The number of nitrogens with two attached hydrogens (primary N) is 1. The minimum absolute atomic E-state index is 0.171. The van der Waals surface area contributed by atoms with E-state index in [9.17, 15) is 0 Å². The van der Waals surface area contributed by atoms with Gasteiger partial charge < -0.3 is 5.73 Å². The molecule has 1 aliphatic carbocycles. The molecular formula is C14H24N2S. The summed E-state index contributed by atoms with van der Waals surface area (Å²) in [4.78, 5) is 6.05. The number of rotatable bonds is 2. The maximum atomic E-state index is 6.76. The molecule has 0 spiro atoms. The third-order valence-corrected chi connectivity index (χ3v) is 5.51. The number of thiazole rings is 1. The first-order chi connectivity index (χ1) is 7.95. The van der Waals surface area contributed by atoms with E-state index in [0.717, 1.165) is 12.1 Å². The summed E-state index contributed by atoms with van der Waals surface area (Å²) in [6, 6.07) is 0. The van der Waals surface area contributed by atoms with Crippen LogP contribution in [0.4, 0.5) is 0 Å². The molecule has 2 nitrogen and oxygen atoms in total. The molecule has 1 aliphatic rings. The van der Waals surface area contributed by atoms with Crippen molar-refractivity contribution in [2.75, 3.05) is 0 Å². The molecule has 3 heteroatoms. The molecule has 0 radical (unpaired) electrons. The Morgan fingerprint density at radius 1 is 1.35 bits per heavy atom. The highest BCUT2D eigenvalue weighted by Crippen LogP contribution is 2.44. The van der Waals surface area contributed by atoms with Crippen LogP contribution in [0.25, 0.3) is 0 Å². The van der Waals surface area contributed by atoms with Gasteiger partial charge in [-0.25, -0.2) is 4.98 Å². The average molecular weight is 252 g/mol. The SMILES string of the molecule is Cc1nc(C2(N)CCCCC2C(C)C)sc1C. The molecule has 96 valence electrons. The van der Waals surface area contributed by atoms with E-state index >= 15 is 0 Å². The number of aryl methyl sites for hydroxylation is 2. The Morgan fingerprint density at radius 3 is 2.59 bits per heavy atom. The van der Waals surface area contributed by atoms with Gasteiger partial charge >= 0.3 is 0 Å². The van der Waals surface area contributed by atoms with E-state index in [0.29, 0.717) is 11.8 Å². The zero-order chi connectivity index (χ0) is 12.6. The van der Waals surface area contributed by atoms with Crippen molar-refractivity contribution < 1.29 is 0 Å². The fourth-order valence-electron chi connectivity index (χ4n) is 3.09. The van der Waals surface area contributed by atoms with E-state index in [4.69, 9.17) is 10.7 Å². The Bertz CT molecular complexity index is 377. The van der Waals surface area contributed by atoms with Gasteiger partial charge in [0.1, 0.15) is 5.01 Å². The molecule has 1 aromatic heterocycles. The Hall–Kier alpha value is -0.410. The van der Waals surface area contributed by atoms with Crippen LogP contribution in [-0.2, 0) is 5.54 Å². The number of hydrogen-bond donors (Lipinski definition) is 1. The highest BCUT2D eigenvalue weighted by molar-refractivity contribution is 7.11. The van der Waals surface area contributed by atoms with Crippen LogP contribution in [0.1, 0.15) is 55.1 Å². The monoisotopic (exact) mass is 252 g/mol. The molecule has 0 saturated heterocycles. The first-order valence-corrected chi connectivity index (χ1v) is 7.50. The van der Waals surface area contributed by atoms with Gasteiger partial charge in [0.15, 0.2) is 0 Å². The summed E-state index contributed by atoms with van der Waals surface area (Å²) in [6.07, 6.45) is 4.93. The van der Waals surface area contributed by atoms with Crippen LogP contribution in [-0.4, -0.2) is 4.98 Å². The topological polar surface area (TPSA) is 38.9 Å². The summed E-state index contributed by atoms with van der Waals surface area (Å²) in [5, 5.41) is 1.17. The van der Waals surface area contributed by atoms with Crippen molar-refractivity contribution in [3.05, 3.63) is 15.6 Å². The first kappa shape index (κ1) is 13.0. The van der Waals surface area contributed by atoms with Gasteiger partial charge in [-0.2, -0.15) is 0 Å². The van der Waals surface area contributed by atoms with Crippen LogP contribution in [0, 0.1) is 25.7 Å². The van der Waals surface area contributed by atoms with E-state index in [1.165, 1.54) is 29.1 Å². The lowest BCUT2D eigenvalue weighted by molar-refractivity contribution is 0.140. The van der Waals surface area contributed by atoms with Crippen molar-refractivity contribution in [3.8, 4) is 0 Å². The van der Waals surface area contributed by atoms with Crippen molar-refractivity contribution in [2.45, 2.75) is 58.9 Å². The Morgan fingerprint density at radius 2 is 2.06 bits per heavy atom. The Kier molecular flexibility index (Phi) is 3.60. The summed E-state index contributed by atoms with van der Waals surface area (Å²) in [5.41, 5.74) is 7.74. The predicted molar refractivity (Wildman–Crippen MR) is 74.2 cm³/mol. The summed E-state index contributed by atoms with van der Waals surface area (Å²) in [6.45, 7) is 8.83. The molecular weight excluding hydrogens is 228 g/mol. The lowest BCUT2D eigenvalue weighted by Gasteiger charge is -2.42. The van der Waals surface area contributed by atoms with Gasteiger partial charge in [0.25, 0.3) is 0 Å². The molecule has 0 aromatic carbocycles. The number of nitrogens with zero attached hydrogens (tertiary/aromatic N) is 1. The van der Waals surface area contributed by atoms with Crippen molar-refractivity contribution >= 4 is 11.3 Å². The Labute approximate surface area is 109 Å². The first-order valence-electron chi connectivity index (χ1n) is 6.68. The quantitative estimate of drug-likeness (QED) is 0.870. The summed E-state index contributed by atoms with van der Waals surface area (Å²) < 4.78 is 0. The molecule has 0 bridgehead atoms. The van der Waals surface area contributed by atoms with Crippen molar-refractivity contribution in [1.82, 2.24) is 4.98 Å². The van der Waals surface area contributed by atoms with E-state index in [1.807, 2.05) is 0 Å². The zero-order valence-corrected chi connectivity index (χ0v) is 12.2. The molecule has 0 amide bonds. The van der Waals surface area contributed by atoms with Crippen LogP contribution < -0.4 is 5.73 Å². The van der Waals surface area contributed by atoms with Crippen LogP contribution >= 0.6 is 11.3 Å². The zero-order valence-electron chi connectivity index (χ0n) is 11.4. The second kappa shape index (κ2) is 4.69. The standard InChI is InChI=1S/C14H24N2S/c1-9(2)12-7-5-6-8-14(12,15)13-16-10(3)11(4)17-13/h9,12H,5-8,15H2,1-4H3. The van der Waals surface area contributed by atoms with E-state index in [2.05, 4.69) is 27.7 Å². The highest BCUT2D eigenvalue weighted by Gasteiger charge is 2.42. The minimum atomic E-state index is -0.171. The molecule has 2 atom stereocenters. The molecule has 1 heterocycles. The second-order valence-corrected chi connectivity index (χ2v) is 7.00. The van der Waals surface area contributed by atoms with Crippen molar-refractivity contribution in [3.63, 3.8) is 0 Å². The van der Waals surface area contributed by atoms with Gasteiger partial charge in [0.2, 0.25) is 0 Å². The molecule has 1 aromatic rings. The molecule has 2 unspecified atom stereocenters. The average Bonchev–Trinajstić information content (AvgIpc) is 2.60. The van der Waals surface area contributed by atoms with Gasteiger partial charge in [-0.15, -0.1) is 11.3 Å². The van der Waals surface area contributed by atoms with E-state index in [-0.39, 0.29) is 5.54 Å². The molecule has 1 saturated carbocycles. The van der Waals surface area contributed by atoms with Crippen LogP contribution in [0.3, 0.4) is 0 Å². The molecule has 1 fully saturated rings. The molecule has 0 aliphatic heterocycles. The van der Waals surface area contributed by atoms with Crippen LogP contribution in [0.2, 0.25) is 0 Å². The second-order valence-electron chi connectivity index (χ2n) is 5.80. The fourth-order valence-corrected chi connectivity index (χ4v) is 4.20. The molecule has 2 rings (SSSR count). The fraction of sp³-hybridized carbons (Fsp3) is 0.786. The van der Waals surface area contributed by atoms with Crippen LogP contribution in [0.5, 0.6) is 0 Å². The maximum absolute atomic E-state index is 6.76. The predicted octanol–water partition coefficient (Wildman–Crippen LogP) is 3.76. The Balaban J connectivity index is 2.37. The van der Waals surface area contributed by atoms with Gasteiger partial charge in [0.05, 0.1) is 11.2 Å². The van der Waals surface area contributed by atoms with Gasteiger partial charge in [-0.1, -0.05) is 26.7 Å². The van der Waals surface area contributed by atoms with E-state index in [1.54, 1.807) is 11.3 Å². The lowest BCUT2D eigenvalue weighted by Crippen LogP contribution is -2.48. The van der Waals surface area contributed by atoms with Crippen molar-refractivity contribution in [1.29, 1.82) is 0 Å². The third-order valence-electron chi connectivity index (χ3n) is 4.25. The highest BCUT2D eigenvalue weighted by atomic mass is 32.1. The third kappa shape index (κ3) is 2.27. The largest absolute Gasteiger partial charge is 0.319 e. The summed E-state index contributed by atoms with van der Waals surface area (Å²) in [5.74, 6) is 1.23. The molecule has 2 N–H and O–H groups in total. The van der Waals surface area contributed by atoms with Crippen LogP contribution in [0.15, 0.2) is 0 Å².